The summed E-state index contributed by atoms with van der Waals surface area (Å²) >= 11 is 3.33. The lowest BCUT2D eigenvalue weighted by Crippen LogP contribution is -2.43. The van der Waals surface area contributed by atoms with Crippen molar-refractivity contribution in [3.05, 3.63) is 69.7 Å². The van der Waals surface area contributed by atoms with E-state index in [2.05, 4.69) is 21.2 Å². The van der Waals surface area contributed by atoms with Gasteiger partial charge in [0.25, 0.3) is 0 Å². The van der Waals surface area contributed by atoms with Gasteiger partial charge in [-0.2, -0.15) is 13.2 Å². The molecule has 0 aliphatic carbocycles. The molecule has 2 aromatic rings. The number of amides is 1. The Morgan fingerprint density at radius 3 is 2.41 bits per heavy atom. The lowest BCUT2D eigenvalue weighted by molar-refractivity contribution is -0.145. The van der Waals surface area contributed by atoms with Crippen LogP contribution in [0, 0.1) is 0 Å². The molecule has 144 valence electrons. The van der Waals surface area contributed by atoms with Crippen molar-refractivity contribution in [2.75, 3.05) is 7.11 Å². The highest BCUT2D eigenvalue weighted by Crippen LogP contribution is 2.29. The number of esters is 1. The number of hydrogen-bond acceptors (Lipinski definition) is 3. The molecule has 27 heavy (non-hydrogen) atoms. The average molecular weight is 444 g/mol. The van der Waals surface area contributed by atoms with Gasteiger partial charge in [0.2, 0.25) is 5.91 Å². The number of nitrogens with one attached hydrogen (secondary N) is 1. The minimum absolute atomic E-state index is 0.195. The third-order valence-electron chi connectivity index (χ3n) is 3.77. The molecule has 2 rings (SSSR count). The molecule has 2 aromatic carbocycles. The van der Waals surface area contributed by atoms with Crippen LogP contribution in [0.4, 0.5) is 13.2 Å². The first-order chi connectivity index (χ1) is 12.7. The number of carbonyl (C=O) groups excluding carboxylic acids is 2. The monoisotopic (exact) mass is 443 g/mol. The van der Waals surface area contributed by atoms with Crippen LogP contribution in [0.25, 0.3) is 0 Å². The van der Waals surface area contributed by atoms with Crippen molar-refractivity contribution in [2.24, 2.45) is 0 Å². The maximum absolute atomic E-state index is 12.8. The summed E-state index contributed by atoms with van der Waals surface area (Å²) in [5, 5.41) is 2.53. The van der Waals surface area contributed by atoms with Crippen LogP contribution in [-0.4, -0.2) is 25.0 Å². The molecule has 0 bridgehead atoms. The molecule has 0 heterocycles. The number of methoxy groups -OCH3 is 1. The molecule has 1 atom stereocenters. The molecule has 1 N–H and O–H groups in total. The highest BCUT2D eigenvalue weighted by atomic mass is 79.9. The van der Waals surface area contributed by atoms with Crippen molar-refractivity contribution in [2.45, 2.75) is 25.1 Å². The van der Waals surface area contributed by atoms with E-state index in [0.717, 1.165) is 22.2 Å². The van der Waals surface area contributed by atoms with Crippen molar-refractivity contribution >= 4 is 27.8 Å². The van der Waals surface area contributed by atoms with Crippen molar-refractivity contribution in [3.8, 4) is 0 Å². The zero-order chi connectivity index (χ0) is 20.0. The first kappa shape index (κ1) is 21.0. The Hall–Kier alpha value is -2.35. The van der Waals surface area contributed by atoms with Crippen LogP contribution in [0.15, 0.2) is 53.0 Å². The molecule has 1 amide bonds. The van der Waals surface area contributed by atoms with E-state index in [0.29, 0.717) is 0 Å². The second-order valence-corrected chi connectivity index (χ2v) is 6.77. The van der Waals surface area contributed by atoms with E-state index >= 15 is 0 Å². The van der Waals surface area contributed by atoms with Gasteiger partial charge in [0, 0.05) is 10.9 Å². The number of benzene rings is 2. The van der Waals surface area contributed by atoms with Crippen molar-refractivity contribution in [1.82, 2.24) is 5.32 Å². The highest BCUT2D eigenvalue weighted by molar-refractivity contribution is 9.10. The van der Waals surface area contributed by atoms with E-state index in [1.807, 2.05) is 6.07 Å². The van der Waals surface area contributed by atoms with Gasteiger partial charge in [0.15, 0.2) is 0 Å². The summed E-state index contributed by atoms with van der Waals surface area (Å²) in [6.45, 7) is 0. The number of rotatable bonds is 6. The van der Waals surface area contributed by atoms with Crippen molar-refractivity contribution in [3.63, 3.8) is 0 Å². The summed E-state index contributed by atoms with van der Waals surface area (Å²) in [6.07, 6.45) is -4.57. The minimum atomic E-state index is -4.48. The Labute approximate surface area is 162 Å². The molecule has 0 unspecified atom stereocenters. The van der Waals surface area contributed by atoms with Crippen molar-refractivity contribution in [1.29, 1.82) is 0 Å². The minimum Gasteiger partial charge on any atom is -0.467 e. The molecule has 0 fully saturated rings. The molecule has 0 aliphatic rings. The summed E-state index contributed by atoms with van der Waals surface area (Å²) < 4.78 is 43.9. The van der Waals surface area contributed by atoms with Gasteiger partial charge in [-0.25, -0.2) is 4.79 Å². The van der Waals surface area contributed by atoms with Gasteiger partial charge in [0.05, 0.1) is 19.1 Å². The average Bonchev–Trinajstić information content (AvgIpc) is 2.60. The molecular formula is C19H17BrF3NO3. The van der Waals surface area contributed by atoms with E-state index in [4.69, 9.17) is 4.74 Å². The predicted octanol–water partition coefficient (Wildman–Crippen LogP) is 3.91. The zero-order valence-electron chi connectivity index (χ0n) is 14.3. The van der Waals surface area contributed by atoms with Crippen LogP contribution in [0.2, 0.25) is 0 Å². The van der Waals surface area contributed by atoms with Crippen LogP contribution in [0.1, 0.15) is 16.7 Å². The lowest BCUT2D eigenvalue weighted by Gasteiger charge is -2.17. The standard InChI is InChI=1S/C19H17BrF3NO3/c1-27-18(26)16(10-13-5-3-7-15(20)9-13)24-17(25)11-12-4-2-6-14(8-12)19(21,22)23/h2-9,16H,10-11H2,1H3,(H,24,25)/t16-/m0/s1. The molecule has 4 nitrogen and oxygen atoms in total. The Morgan fingerprint density at radius 2 is 1.78 bits per heavy atom. The third kappa shape index (κ3) is 6.39. The Bertz CT molecular complexity index is 824. The van der Waals surface area contributed by atoms with Crippen LogP contribution in [-0.2, 0) is 33.3 Å². The van der Waals surface area contributed by atoms with Crippen LogP contribution in [0.5, 0.6) is 0 Å². The quantitative estimate of drug-likeness (QED) is 0.688. The van der Waals surface area contributed by atoms with E-state index in [-0.39, 0.29) is 18.4 Å². The lowest BCUT2D eigenvalue weighted by atomic mass is 10.0. The number of carbonyl (C=O) groups is 2. The summed E-state index contributed by atoms with van der Waals surface area (Å²) in [5.41, 5.74) is 0.166. The van der Waals surface area contributed by atoms with Gasteiger partial charge >= 0.3 is 12.1 Å². The largest absolute Gasteiger partial charge is 0.467 e. The summed E-state index contributed by atoms with van der Waals surface area (Å²) in [5.74, 6) is -1.20. The molecule has 0 aromatic heterocycles. The van der Waals surface area contributed by atoms with Gasteiger partial charge in [-0.1, -0.05) is 46.3 Å². The van der Waals surface area contributed by atoms with E-state index < -0.39 is 29.7 Å². The first-order valence-corrected chi connectivity index (χ1v) is 8.76. The summed E-state index contributed by atoms with van der Waals surface area (Å²) in [7, 11) is 1.20. The number of hydrogen-bond donors (Lipinski definition) is 1. The van der Waals surface area contributed by atoms with Crippen LogP contribution >= 0.6 is 15.9 Å². The highest BCUT2D eigenvalue weighted by Gasteiger charge is 2.30. The van der Waals surface area contributed by atoms with Crippen LogP contribution in [0.3, 0.4) is 0 Å². The third-order valence-corrected chi connectivity index (χ3v) is 4.26. The van der Waals surface area contributed by atoms with E-state index in [1.54, 1.807) is 18.2 Å². The van der Waals surface area contributed by atoms with Gasteiger partial charge < -0.3 is 10.1 Å². The van der Waals surface area contributed by atoms with Crippen LogP contribution < -0.4 is 5.32 Å². The van der Waals surface area contributed by atoms with Gasteiger partial charge in [-0.3, -0.25) is 4.79 Å². The molecule has 8 heteroatoms. The predicted molar refractivity (Wildman–Crippen MR) is 96.9 cm³/mol. The maximum Gasteiger partial charge on any atom is 0.416 e. The number of alkyl halides is 3. The van der Waals surface area contributed by atoms with Gasteiger partial charge in [-0.05, 0) is 29.3 Å². The Morgan fingerprint density at radius 1 is 1.11 bits per heavy atom. The SMILES string of the molecule is COC(=O)[C@H](Cc1cccc(Br)c1)NC(=O)Cc1cccc(C(F)(F)F)c1. The summed E-state index contributed by atoms with van der Waals surface area (Å²) in [6, 6.07) is 10.8. The van der Waals surface area contributed by atoms with E-state index in [1.165, 1.54) is 19.2 Å². The maximum atomic E-state index is 12.8. The fourth-order valence-corrected chi connectivity index (χ4v) is 2.97. The number of halogens is 4. The molecule has 0 saturated heterocycles. The second kappa shape index (κ2) is 9.03. The second-order valence-electron chi connectivity index (χ2n) is 5.85. The molecule has 0 aliphatic heterocycles. The molecular weight excluding hydrogens is 427 g/mol. The summed E-state index contributed by atoms with van der Waals surface area (Å²) in [4.78, 5) is 24.2. The fraction of sp³-hybridized carbons (Fsp3) is 0.263. The molecule has 0 spiro atoms. The topological polar surface area (TPSA) is 55.4 Å². The van der Waals surface area contributed by atoms with Crippen molar-refractivity contribution < 1.29 is 27.5 Å². The van der Waals surface area contributed by atoms with Gasteiger partial charge in [0.1, 0.15) is 6.04 Å². The Balaban J connectivity index is 2.09. The first-order valence-electron chi connectivity index (χ1n) is 7.97. The Kier molecular flexibility index (Phi) is 7.01. The fourth-order valence-electron chi connectivity index (χ4n) is 2.52. The normalized spacial score (nSPS) is 12.3. The molecule has 0 saturated carbocycles. The van der Waals surface area contributed by atoms with Gasteiger partial charge in [-0.15, -0.1) is 0 Å². The smallest absolute Gasteiger partial charge is 0.416 e. The molecule has 0 radical (unpaired) electrons. The van der Waals surface area contributed by atoms with E-state index in [9.17, 15) is 22.8 Å². The zero-order valence-corrected chi connectivity index (χ0v) is 15.9. The number of ether oxygens (including phenoxy) is 1.